The fraction of sp³-hybridized carbons (Fsp3) is 0.950. The van der Waals surface area contributed by atoms with E-state index in [1.165, 1.54) is 82.8 Å². The SMILES string of the molecule is CCCCCCCCCCCCCCSCCOC(=O)CCC. The maximum atomic E-state index is 11.2. The number of carbonyl (C=O) groups excluding carboxylic acids is 1. The summed E-state index contributed by atoms with van der Waals surface area (Å²) >= 11 is 1.92. The van der Waals surface area contributed by atoms with E-state index in [4.69, 9.17) is 4.74 Å². The number of hydrogen-bond donors (Lipinski definition) is 0. The second kappa shape index (κ2) is 19.9. The number of rotatable bonds is 18. The van der Waals surface area contributed by atoms with Gasteiger partial charge in [-0.3, -0.25) is 4.79 Å². The van der Waals surface area contributed by atoms with E-state index in [2.05, 4.69) is 6.92 Å². The second-order valence-corrected chi connectivity index (χ2v) is 7.70. The van der Waals surface area contributed by atoms with Gasteiger partial charge in [-0.05, 0) is 18.6 Å². The lowest BCUT2D eigenvalue weighted by molar-refractivity contribution is -0.142. The zero-order chi connectivity index (χ0) is 17.0. The van der Waals surface area contributed by atoms with Crippen LogP contribution >= 0.6 is 11.8 Å². The molecule has 0 aliphatic rings. The number of unbranched alkanes of at least 4 members (excludes halogenated alkanes) is 11. The van der Waals surface area contributed by atoms with Crippen LogP contribution in [0, 0.1) is 0 Å². The minimum absolute atomic E-state index is 0.0431. The van der Waals surface area contributed by atoms with E-state index in [1.54, 1.807) is 0 Å². The summed E-state index contributed by atoms with van der Waals surface area (Å²) in [6, 6.07) is 0. The van der Waals surface area contributed by atoms with E-state index in [-0.39, 0.29) is 5.97 Å². The lowest BCUT2D eigenvalue weighted by Crippen LogP contribution is -2.06. The molecule has 0 fully saturated rings. The number of hydrogen-bond acceptors (Lipinski definition) is 3. The van der Waals surface area contributed by atoms with Crippen LogP contribution in [0.25, 0.3) is 0 Å². The molecule has 3 heteroatoms. The van der Waals surface area contributed by atoms with Crippen LogP contribution in [-0.2, 0) is 9.53 Å². The van der Waals surface area contributed by atoms with Crippen molar-refractivity contribution >= 4 is 17.7 Å². The van der Waals surface area contributed by atoms with Crippen LogP contribution in [0.3, 0.4) is 0 Å². The summed E-state index contributed by atoms with van der Waals surface area (Å²) in [6.07, 6.45) is 18.3. The quantitative estimate of drug-likeness (QED) is 0.203. The third-order valence-electron chi connectivity index (χ3n) is 4.09. The molecule has 2 nitrogen and oxygen atoms in total. The van der Waals surface area contributed by atoms with Crippen molar-refractivity contribution in [1.82, 2.24) is 0 Å². The van der Waals surface area contributed by atoms with Gasteiger partial charge in [0.2, 0.25) is 0 Å². The maximum Gasteiger partial charge on any atom is 0.305 e. The van der Waals surface area contributed by atoms with Crippen molar-refractivity contribution in [3.63, 3.8) is 0 Å². The molecule has 0 spiro atoms. The number of esters is 1. The van der Waals surface area contributed by atoms with Crippen LogP contribution in [0.15, 0.2) is 0 Å². The normalized spacial score (nSPS) is 10.9. The topological polar surface area (TPSA) is 26.3 Å². The first kappa shape index (κ1) is 22.8. The van der Waals surface area contributed by atoms with Gasteiger partial charge < -0.3 is 4.74 Å². The molecular weight excluding hydrogens is 304 g/mol. The van der Waals surface area contributed by atoms with E-state index in [0.717, 1.165) is 12.2 Å². The molecule has 0 aliphatic heterocycles. The molecule has 0 saturated heterocycles. The molecule has 138 valence electrons. The highest BCUT2D eigenvalue weighted by Crippen LogP contribution is 2.13. The van der Waals surface area contributed by atoms with Crippen LogP contribution in [0.2, 0.25) is 0 Å². The molecule has 0 aliphatic carbocycles. The molecular formula is C20H40O2S. The lowest BCUT2D eigenvalue weighted by Gasteiger charge is -2.04. The highest BCUT2D eigenvalue weighted by molar-refractivity contribution is 7.99. The lowest BCUT2D eigenvalue weighted by atomic mass is 10.1. The zero-order valence-corrected chi connectivity index (χ0v) is 16.6. The smallest absolute Gasteiger partial charge is 0.305 e. The monoisotopic (exact) mass is 344 g/mol. The Bertz CT molecular complexity index is 244. The first-order valence-electron chi connectivity index (χ1n) is 10.0. The molecule has 0 heterocycles. The van der Waals surface area contributed by atoms with Crippen molar-refractivity contribution in [2.45, 2.75) is 104 Å². The first-order chi connectivity index (χ1) is 11.3. The minimum Gasteiger partial charge on any atom is -0.465 e. The highest BCUT2D eigenvalue weighted by atomic mass is 32.2. The third kappa shape index (κ3) is 19.8. The van der Waals surface area contributed by atoms with Gasteiger partial charge in [-0.1, -0.05) is 84.5 Å². The van der Waals surface area contributed by atoms with Gasteiger partial charge in [-0.15, -0.1) is 0 Å². The molecule has 0 rings (SSSR count). The molecule has 0 N–H and O–H groups in total. The Morgan fingerprint density at radius 1 is 0.696 bits per heavy atom. The Kier molecular flexibility index (Phi) is 19.7. The standard InChI is InChI=1S/C20H40O2S/c1-3-5-6-7-8-9-10-11-12-13-14-15-18-23-19-17-22-20(21)16-4-2/h3-19H2,1-2H3. The van der Waals surface area contributed by atoms with Gasteiger partial charge in [0.05, 0.1) is 0 Å². The summed E-state index contributed by atoms with van der Waals surface area (Å²) in [4.78, 5) is 11.2. The van der Waals surface area contributed by atoms with Gasteiger partial charge in [0.15, 0.2) is 0 Å². The number of carbonyl (C=O) groups is 1. The second-order valence-electron chi connectivity index (χ2n) is 6.47. The summed E-state index contributed by atoms with van der Waals surface area (Å²) in [5, 5.41) is 0. The Morgan fingerprint density at radius 2 is 1.22 bits per heavy atom. The van der Waals surface area contributed by atoms with Crippen molar-refractivity contribution in [2.75, 3.05) is 18.1 Å². The van der Waals surface area contributed by atoms with Crippen LogP contribution < -0.4 is 0 Å². The molecule has 0 aromatic rings. The molecule has 0 atom stereocenters. The molecule has 0 unspecified atom stereocenters. The third-order valence-corrected chi connectivity index (χ3v) is 5.12. The van der Waals surface area contributed by atoms with E-state index < -0.39 is 0 Å². The van der Waals surface area contributed by atoms with Crippen LogP contribution in [0.1, 0.15) is 104 Å². The van der Waals surface area contributed by atoms with E-state index in [0.29, 0.717) is 13.0 Å². The van der Waals surface area contributed by atoms with Gasteiger partial charge >= 0.3 is 5.97 Å². The average molecular weight is 345 g/mol. The van der Waals surface area contributed by atoms with Gasteiger partial charge in [0.1, 0.15) is 6.61 Å². The fourth-order valence-electron chi connectivity index (χ4n) is 2.64. The number of ether oxygens (including phenoxy) is 1. The maximum absolute atomic E-state index is 11.2. The van der Waals surface area contributed by atoms with Crippen LogP contribution in [-0.4, -0.2) is 24.1 Å². The zero-order valence-electron chi connectivity index (χ0n) is 15.7. The van der Waals surface area contributed by atoms with Gasteiger partial charge in [-0.25, -0.2) is 0 Å². The molecule has 0 aromatic carbocycles. The van der Waals surface area contributed by atoms with Crippen LogP contribution in [0.4, 0.5) is 0 Å². The van der Waals surface area contributed by atoms with Crippen molar-refractivity contribution in [2.24, 2.45) is 0 Å². The highest BCUT2D eigenvalue weighted by Gasteiger charge is 1.99. The van der Waals surface area contributed by atoms with Gasteiger partial charge in [-0.2, -0.15) is 11.8 Å². The Morgan fingerprint density at radius 3 is 1.74 bits per heavy atom. The van der Waals surface area contributed by atoms with E-state index in [1.807, 2.05) is 18.7 Å². The molecule has 0 radical (unpaired) electrons. The van der Waals surface area contributed by atoms with Crippen molar-refractivity contribution in [3.8, 4) is 0 Å². The molecule has 0 aromatic heterocycles. The minimum atomic E-state index is -0.0431. The summed E-state index contributed by atoms with van der Waals surface area (Å²) in [6.45, 7) is 4.87. The Balaban J connectivity index is 3.01. The van der Waals surface area contributed by atoms with E-state index >= 15 is 0 Å². The van der Waals surface area contributed by atoms with Crippen LogP contribution in [0.5, 0.6) is 0 Å². The predicted octanol–water partition coefficient (Wildman–Crippen LogP) is 6.76. The summed E-state index contributed by atoms with van der Waals surface area (Å²) < 4.78 is 5.14. The summed E-state index contributed by atoms with van der Waals surface area (Å²) in [7, 11) is 0. The first-order valence-corrected chi connectivity index (χ1v) is 11.2. The largest absolute Gasteiger partial charge is 0.465 e. The number of thioether (sulfide) groups is 1. The molecule has 0 amide bonds. The Hall–Kier alpha value is -0.180. The van der Waals surface area contributed by atoms with Gasteiger partial charge in [0.25, 0.3) is 0 Å². The molecule has 0 bridgehead atoms. The predicted molar refractivity (Wildman–Crippen MR) is 104 cm³/mol. The van der Waals surface area contributed by atoms with Crippen molar-refractivity contribution in [3.05, 3.63) is 0 Å². The van der Waals surface area contributed by atoms with Crippen molar-refractivity contribution in [1.29, 1.82) is 0 Å². The summed E-state index contributed by atoms with van der Waals surface area (Å²) in [5.41, 5.74) is 0. The summed E-state index contributed by atoms with van der Waals surface area (Å²) in [5.74, 6) is 2.12. The molecule has 23 heavy (non-hydrogen) atoms. The Labute approximate surface area is 149 Å². The molecule has 0 saturated carbocycles. The average Bonchev–Trinajstić information content (AvgIpc) is 2.54. The van der Waals surface area contributed by atoms with Gasteiger partial charge in [0, 0.05) is 12.2 Å². The van der Waals surface area contributed by atoms with Crippen molar-refractivity contribution < 1.29 is 9.53 Å². The fourth-order valence-corrected chi connectivity index (χ4v) is 3.45. The van der Waals surface area contributed by atoms with E-state index in [9.17, 15) is 4.79 Å².